The molecule has 0 unspecified atom stereocenters. The first kappa shape index (κ1) is 60.8. The molecule has 380 valence electrons. The molecule has 0 saturated heterocycles. The van der Waals surface area contributed by atoms with Crippen molar-refractivity contribution in [1.29, 1.82) is 0 Å². The van der Waals surface area contributed by atoms with Gasteiger partial charge in [-0.15, -0.1) is 0 Å². The van der Waals surface area contributed by atoms with Crippen LogP contribution in [-0.4, -0.2) is 104 Å². The molecule has 0 aromatic rings. The maximum absolute atomic E-state index is 14.0. The molecule has 0 aromatic heterocycles. The van der Waals surface area contributed by atoms with Crippen LogP contribution < -0.4 is 10.8 Å². The zero-order chi connectivity index (χ0) is 51.6. The van der Waals surface area contributed by atoms with E-state index in [0.717, 1.165) is 0 Å². The molecule has 0 saturated carbocycles. The highest BCUT2D eigenvalue weighted by Gasteiger charge is 2.96. The van der Waals surface area contributed by atoms with Gasteiger partial charge in [0.05, 0.1) is 0 Å². The lowest BCUT2D eigenvalue weighted by Crippen LogP contribution is -2.74. The fourth-order valence-corrected chi connectivity index (χ4v) is 6.85. The number of hydrogen-bond donors (Lipinski definition) is 2. The van der Waals surface area contributed by atoms with E-state index in [4.69, 9.17) is 10.8 Å². The van der Waals surface area contributed by atoms with Crippen molar-refractivity contribution in [2.45, 2.75) is 159 Å². The Labute approximate surface area is 328 Å². The summed E-state index contributed by atoms with van der Waals surface area (Å²) in [6.45, 7) is 0. The smallest absolute Gasteiger partial charge is 0.339 e. The zero-order valence-electron chi connectivity index (χ0n) is 29.6. The van der Waals surface area contributed by atoms with Gasteiger partial charge in [-0.05, 0) is 24.9 Å². The van der Waals surface area contributed by atoms with Crippen LogP contribution in [0.1, 0.15) is 51.4 Å². The molecular weight excluding hydrogens is 1010 g/mol. The van der Waals surface area contributed by atoms with E-state index in [-0.39, 0.29) is 0 Å². The standard InChI is InChI=1S/C26H24F34N2Si/c27-11(28,13(31,32)15(35,36)17(39,40)19(43,44)21(47,48)23(51,52)25(55,56)57)7-3-1-5-9-63(61,62)10-6-2-4-8-12(29,30)14(33,34)16(37,38)18(41,42)20(45,46)22(49,50)24(53,54)26(58,59)60/h1-10,61-62H2. The van der Waals surface area contributed by atoms with Gasteiger partial charge in [0, 0.05) is 12.8 Å². The minimum Gasteiger partial charge on any atom is -0.339 e. The highest BCUT2D eigenvalue weighted by molar-refractivity contribution is 6.73. The maximum Gasteiger partial charge on any atom is 0.460 e. The van der Waals surface area contributed by atoms with E-state index in [2.05, 4.69) is 0 Å². The van der Waals surface area contributed by atoms with Crippen LogP contribution in [0.25, 0.3) is 0 Å². The number of hydrogen-bond acceptors (Lipinski definition) is 2. The van der Waals surface area contributed by atoms with Crippen molar-refractivity contribution in [1.82, 2.24) is 0 Å². The molecule has 0 bridgehead atoms. The minimum absolute atomic E-state index is 0.709. The van der Waals surface area contributed by atoms with E-state index in [1.165, 1.54) is 0 Å². The fourth-order valence-electron chi connectivity index (χ4n) is 4.79. The Balaban J connectivity index is 5.66. The van der Waals surface area contributed by atoms with Gasteiger partial charge in [-0.3, -0.25) is 0 Å². The van der Waals surface area contributed by atoms with Crippen LogP contribution in [0, 0.1) is 0 Å². The van der Waals surface area contributed by atoms with Gasteiger partial charge in [-0.25, -0.2) is 0 Å². The van der Waals surface area contributed by atoms with Crippen LogP contribution >= 0.6 is 0 Å². The number of halogens is 34. The monoisotopic (exact) mass is 1040 g/mol. The highest BCUT2D eigenvalue weighted by atomic mass is 28.3. The second-order valence-electron chi connectivity index (χ2n) is 13.7. The van der Waals surface area contributed by atoms with Gasteiger partial charge in [0.1, 0.15) is 0 Å². The van der Waals surface area contributed by atoms with E-state index in [0.29, 0.717) is 0 Å². The maximum atomic E-state index is 14.0. The SMILES string of the molecule is N[Si](N)(CCCCCC(F)(F)C(F)(F)C(F)(F)C(F)(F)C(F)(F)C(F)(F)C(F)(F)C(F)(F)F)CCCCCC(F)(F)C(F)(F)C(F)(F)C(F)(F)C(F)(F)C(F)(F)C(F)(F)C(F)(F)F. The van der Waals surface area contributed by atoms with Gasteiger partial charge in [0.2, 0.25) is 0 Å². The van der Waals surface area contributed by atoms with Gasteiger partial charge in [-0.2, -0.15) is 149 Å². The first-order chi connectivity index (χ1) is 26.9. The first-order valence-electron chi connectivity index (χ1n) is 15.9. The third-order valence-corrected chi connectivity index (χ3v) is 11.4. The second-order valence-corrected chi connectivity index (χ2v) is 17.1. The van der Waals surface area contributed by atoms with Crippen LogP contribution in [0.3, 0.4) is 0 Å². The summed E-state index contributed by atoms with van der Waals surface area (Å²) in [5.41, 5.74) is 0. The zero-order valence-corrected chi connectivity index (χ0v) is 30.6. The van der Waals surface area contributed by atoms with Crippen molar-refractivity contribution in [2.24, 2.45) is 10.8 Å². The molecule has 0 aliphatic rings. The molecule has 0 atom stereocenters. The lowest BCUT2D eigenvalue weighted by Gasteiger charge is -2.42. The van der Waals surface area contributed by atoms with Gasteiger partial charge in [0.25, 0.3) is 0 Å². The largest absolute Gasteiger partial charge is 0.460 e. The average Bonchev–Trinajstić information content (AvgIpc) is 3.05. The molecule has 0 aromatic carbocycles. The van der Waals surface area contributed by atoms with E-state index >= 15 is 0 Å². The van der Waals surface area contributed by atoms with Crippen molar-refractivity contribution >= 4 is 8.40 Å². The molecule has 2 nitrogen and oxygen atoms in total. The van der Waals surface area contributed by atoms with Crippen LogP contribution in [0.5, 0.6) is 0 Å². The van der Waals surface area contributed by atoms with Crippen LogP contribution in [0.15, 0.2) is 0 Å². The van der Waals surface area contributed by atoms with Crippen LogP contribution in [0.2, 0.25) is 12.1 Å². The molecule has 63 heavy (non-hydrogen) atoms. The summed E-state index contributed by atoms with van der Waals surface area (Å²) in [5.74, 6) is -116. The van der Waals surface area contributed by atoms with Gasteiger partial charge < -0.3 is 10.8 Å². The molecule has 0 spiro atoms. The molecule has 0 aliphatic heterocycles. The van der Waals surface area contributed by atoms with Crippen molar-refractivity contribution in [3.8, 4) is 0 Å². The summed E-state index contributed by atoms with van der Waals surface area (Å²) in [6.07, 6.45) is -28.3. The Hall–Kier alpha value is -2.24. The first-order valence-corrected chi connectivity index (χ1v) is 18.5. The molecule has 4 N–H and O–H groups in total. The summed E-state index contributed by atoms with van der Waals surface area (Å²) < 4.78 is 454. The van der Waals surface area contributed by atoms with Gasteiger partial charge in [0.15, 0.2) is 8.40 Å². The minimum atomic E-state index is -8.85. The molecule has 0 fully saturated rings. The molecule has 0 rings (SSSR count). The molecule has 0 aliphatic carbocycles. The Kier molecular flexibility index (Phi) is 16.5. The van der Waals surface area contributed by atoms with E-state index in [1.807, 2.05) is 0 Å². The number of rotatable bonds is 24. The summed E-state index contributed by atoms with van der Waals surface area (Å²) in [4.78, 5) is 0. The third kappa shape index (κ3) is 9.65. The highest BCUT2D eigenvalue weighted by Crippen LogP contribution is 2.66. The number of nitrogens with two attached hydrogens (primary N) is 2. The Morgan fingerprint density at radius 1 is 0.222 bits per heavy atom. The summed E-state index contributed by atoms with van der Waals surface area (Å²) in [6, 6.07) is -1.42. The predicted molar refractivity (Wildman–Crippen MR) is 142 cm³/mol. The molecule has 37 heteroatoms. The lowest BCUT2D eigenvalue weighted by atomic mass is 9.88. The number of unbranched alkanes of at least 4 members (excludes halogenated alkanes) is 4. The topological polar surface area (TPSA) is 52.0 Å². The summed E-state index contributed by atoms with van der Waals surface area (Å²) in [5, 5.41) is 11.1. The Morgan fingerprint density at radius 2 is 0.397 bits per heavy atom. The fraction of sp³-hybridized carbons (Fsp3) is 1.00. The van der Waals surface area contributed by atoms with Gasteiger partial charge >= 0.3 is 95.3 Å². The predicted octanol–water partition coefficient (Wildman–Crippen LogP) is 13.5. The second kappa shape index (κ2) is 17.1. The quantitative estimate of drug-likeness (QED) is 0.0575. The van der Waals surface area contributed by atoms with E-state index in [1.54, 1.807) is 0 Å². The van der Waals surface area contributed by atoms with E-state index in [9.17, 15) is 149 Å². The molecule has 0 amide bonds. The summed E-state index contributed by atoms with van der Waals surface area (Å²) in [7, 11) is -3.91. The molecule has 0 heterocycles. The summed E-state index contributed by atoms with van der Waals surface area (Å²) >= 11 is 0. The van der Waals surface area contributed by atoms with Crippen molar-refractivity contribution in [3.63, 3.8) is 0 Å². The van der Waals surface area contributed by atoms with E-state index < -0.39 is 167 Å². The average molecular weight is 1040 g/mol. The molecule has 0 radical (unpaired) electrons. The third-order valence-electron chi connectivity index (χ3n) is 8.84. The van der Waals surface area contributed by atoms with Crippen LogP contribution in [-0.2, 0) is 0 Å². The number of alkyl halides is 34. The lowest BCUT2D eigenvalue weighted by molar-refractivity contribution is -0.461. The molecular formula is C26H24F34N2Si. The Morgan fingerprint density at radius 3 is 0.587 bits per heavy atom. The van der Waals surface area contributed by atoms with Crippen LogP contribution in [0.4, 0.5) is 149 Å². The normalized spacial score (nSPS) is 16.6. The van der Waals surface area contributed by atoms with Crippen molar-refractivity contribution < 1.29 is 149 Å². The Bertz CT molecular complexity index is 1420. The van der Waals surface area contributed by atoms with Crippen molar-refractivity contribution in [2.75, 3.05) is 0 Å². The van der Waals surface area contributed by atoms with Crippen molar-refractivity contribution in [3.05, 3.63) is 0 Å². The van der Waals surface area contributed by atoms with Gasteiger partial charge in [-0.1, -0.05) is 25.7 Å².